The van der Waals surface area contributed by atoms with Crippen molar-refractivity contribution in [1.82, 2.24) is 15.6 Å². The Hall–Kier alpha value is -2.05. The van der Waals surface area contributed by atoms with Crippen LogP contribution in [0.5, 0.6) is 0 Å². The number of carbonyl (C=O) groups is 2. The Morgan fingerprint density at radius 2 is 2.32 bits per heavy atom. The fourth-order valence-electron chi connectivity index (χ4n) is 1.88. The van der Waals surface area contributed by atoms with Crippen LogP contribution < -0.4 is 10.6 Å². The van der Waals surface area contributed by atoms with Gasteiger partial charge in [0.1, 0.15) is 5.76 Å². The number of carboxylic acid groups (broad SMARTS) is 1. The normalized spacial score (nSPS) is 15.8. The van der Waals surface area contributed by atoms with Crippen molar-refractivity contribution in [2.24, 2.45) is 5.92 Å². The van der Waals surface area contributed by atoms with Crippen LogP contribution in [0.4, 0.5) is 4.79 Å². The van der Waals surface area contributed by atoms with Crippen LogP contribution in [0.15, 0.2) is 10.6 Å². The number of nitrogens with zero attached hydrogens (tertiary/aromatic N) is 1. The molecule has 1 aromatic heterocycles. The van der Waals surface area contributed by atoms with Crippen molar-refractivity contribution in [1.29, 1.82) is 0 Å². The summed E-state index contributed by atoms with van der Waals surface area (Å²) in [6, 6.07) is -0.696. The molecule has 104 valence electrons. The maximum absolute atomic E-state index is 11.7. The number of oxazole rings is 1. The number of urea groups is 1. The summed E-state index contributed by atoms with van der Waals surface area (Å²) in [6.45, 7) is 1.96. The van der Waals surface area contributed by atoms with Crippen LogP contribution in [0, 0.1) is 12.8 Å². The van der Waals surface area contributed by atoms with Gasteiger partial charge in [0, 0.05) is 6.04 Å². The molecule has 0 bridgehead atoms. The third-order valence-electron chi connectivity index (χ3n) is 2.97. The maximum atomic E-state index is 11.7. The van der Waals surface area contributed by atoms with Gasteiger partial charge in [0.2, 0.25) is 5.89 Å². The zero-order chi connectivity index (χ0) is 13.8. The van der Waals surface area contributed by atoms with Crippen LogP contribution in [0.3, 0.4) is 0 Å². The van der Waals surface area contributed by atoms with Crippen molar-refractivity contribution in [3.63, 3.8) is 0 Å². The Morgan fingerprint density at radius 3 is 2.84 bits per heavy atom. The van der Waals surface area contributed by atoms with Gasteiger partial charge >= 0.3 is 12.0 Å². The van der Waals surface area contributed by atoms with E-state index in [9.17, 15) is 9.59 Å². The van der Waals surface area contributed by atoms with Crippen molar-refractivity contribution < 1.29 is 19.1 Å². The van der Waals surface area contributed by atoms with E-state index in [-0.39, 0.29) is 24.9 Å². The molecule has 1 saturated carbocycles. The van der Waals surface area contributed by atoms with Gasteiger partial charge in [-0.25, -0.2) is 9.78 Å². The van der Waals surface area contributed by atoms with Crippen molar-refractivity contribution in [2.45, 2.75) is 38.8 Å². The summed E-state index contributed by atoms with van der Waals surface area (Å²) < 4.78 is 5.22. The van der Waals surface area contributed by atoms with Gasteiger partial charge in [-0.05, 0) is 25.7 Å². The first-order valence-electron chi connectivity index (χ1n) is 6.22. The zero-order valence-corrected chi connectivity index (χ0v) is 10.7. The second-order valence-electron chi connectivity index (χ2n) is 4.73. The van der Waals surface area contributed by atoms with Crippen LogP contribution in [0.2, 0.25) is 0 Å². The van der Waals surface area contributed by atoms with E-state index in [2.05, 4.69) is 15.6 Å². The SMILES string of the molecule is Cc1cnc(CNC(=O)NC(CC(=O)O)C2CC2)o1. The minimum atomic E-state index is -0.902. The lowest BCUT2D eigenvalue weighted by Crippen LogP contribution is -2.43. The number of rotatable bonds is 6. The highest BCUT2D eigenvalue weighted by Crippen LogP contribution is 2.33. The quantitative estimate of drug-likeness (QED) is 0.714. The Balaban J connectivity index is 1.77. The van der Waals surface area contributed by atoms with E-state index in [1.807, 2.05) is 0 Å². The summed E-state index contributed by atoms with van der Waals surface area (Å²) in [5, 5.41) is 14.1. The lowest BCUT2D eigenvalue weighted by Gasteiger charge is -2.16. The number of carbonyl (C=O) groups excluding carboxylic acids is 1. The van der Waals surface area contributed by atoms with Crippen LogP contribution in [0.25, 0.3) is 0 Å². The molecule has 0 aromatic carbocycles. The molecule has 0 spiro atoms. The van der Waals surface area contributed by atoms with Crippen LogP contribution >= 0.6 is 0 Å². The molecule has 1 aliphatic rings. The highest BCUT2D eigenvalue weighted by atomic mass is 16.4. The highest BCUT2D eigenvalue weighted by Gasteiger charge is 2.33. The molecule has 2 amide bonds. The van der Waals surface area contributed by atoms with Gasteiger partial charge in [-0.15, -0.1) is 0 Å². The molecule has 2 rings (SSSR count). The Morgan fingerprint density at radius 1 is 1.58 bits per heavy atom. The summed E-state index contributed by atoms with van der Waals surface area (Å²) in [5.74, 6) is 0.485. The van der Waals surface area contributed by atoms with Gasteiger partial charge in [0.15, 0.2) is 0 Å². The number of amides is 2. The molecule has 0 saturated heterocycles. The summed E-state index contributed by atoms with van der Waals surface area (Å²) in [7, 11) is 0. The number of carboxylic acids is 1. The Labute approximate surface area is 110 Å². The fraction of sp³-hybridized carbons (Fsp3) is 0.583. The molecular formula is C12H17N3O4. The van der Waals surface area contributed by atoms with Gasteiger partial charge in [-0.3, -0.25) is 4.79 Å². The van der Waals surface area contributed by atoms with Crippen molar-refractivity contribution in [2.75, 3.05) is 0 Å². The molecule has 1 atom stereocenters. The van der Waals surface area contributed by atoms with Crippen molar-refractivity contribution in [3.8, 4) is 0 Å². The average molecular weight is 267 g/mol. The second kappa shape index (κ2) is 5.73. The lowest BCUT2D eigenvalue weighted by atomic mass is 10.1. The summed E-state index contributed by atoms with van der Waals surface area (Å²) >= 11 is 0. The van der Waals surface area contributed by atoms with Crippen molar-refractivity contribution >= 4 is 12.0 Å². The van der Waals surface area contributed by atoms with Crippen molar-refractivity contribution in [3.05, 3.63) is 17.8 Å². The molecule has 7 heteroatoms. The van der Waals surface area contributed by atoms with E-state index in [1.165, 1.54) is 0 Å². The third-order valence-corrected chi connectivity index (χ3v) is 2.97. The topological polar surface area (TPSA) is 104 Å². The molecule has 0 aliphatic heterocycles. The number of aryl methyl sites for hydroxylation is 1. The molecule has 3 N–H and O–H groups in total. The molecule has 0 radical (unpaired) electrons. The number of nitrogens with one attached hydrogen (secondary N) is 2. The molecule has 1 heterocycles. The minimum Gasteiger partial charge on any atom is -0.481 e. The molecule has 1 aromatic rings. The van der Waals surface area contributed by atoms with Gasteiger partial charge in [0.05, 0.1) is 19.2 Å². The van der Waals surface area contributed by atoms with Crippen LogP contribution in [0.1, 0.15) is 30.9 Å². The van der Waals surface area contributed by atoms with Crippen LogP contribution in [-0.2, 0) is 11.3 Å². The van der Waals surface area contributed by atoms with E-state index < -0.39 is 12.0 Å². The summed E-state index contributed by atoms with van der Waals surface area (Å²) in [6.07, 6.45) is 3.47. The molecule has 1 fully saturated rings. The van der Waals surface area contributed by atoms with Crippen LogP contribution in [-0.4, -0.2) is 28.1 Å². The zero-order valence-electron chi connectivity index (χ0n) is 10.7. The molecular weight excluding hydrogens is 250 g/mol. The van der Waals surface area contributed by atoms with Gasteiger partial charge in [0.25, 0.3) is 0 Å². The molecule has 7 nitrogen and oxygen atoms in total. The second-order valence-corrected chi connectivity index (χ2v) is 4.73. The first-order valence-corrected chi connectivity index (χ1v) is 6.22. The standard InChI is InChI=1S/C12H17N3O4/c1-7-5-13-10(19-7)6-14-12(18)15-9(4-11(16)17)8-2-3-8/h5,8-9H,2-4,6H2,1H3,(H,16,17)(H2,14,15,18). The lowest BCUT2D eigenvalue weighted by molar-refractivity contribution is -0.137. The largest absolute Gasteiger partial charge is 0.481 e. The van der Waals surface area contributed by atoms with Gasteiger partial charge in [-0.1, -0.05) is 0 Å². The van der Waals surface area contributed by atoms with E-state index in [0.717, 1.165) is 12.8 Å². The van der Waals surface area contributed by atoms with Gasteiger partial charge in [-0.2, -0.15) is 0 Å². The third kappa shape index (κ3) is 4.27. The van der Waals surface area contributed by atoms with E-state index >= 15 is 0 Å². The predicted octanol–water partition coefficient (Wildman–Crippen LogP) is 1.04. The number of aromatic nitrogens is 1. The fourth-order valence-corrected chi connectivity index (χ4v) is 1.88. The average Bonchev–Trinajstić information content (AvgIpc) is 3.09. The van der Waals surface area contributed by atoms with E-state index in [1.54, 1.807) is 13.1 Å². The molecule has 1 unspecified atom stereocenters. The molecule has 1 aliphatic carbocycles. The predicted molar refractivity (Wildman–Crippen MR) is 65.4 cm³/mol. The monoisotopic (exact) mass is 267 g/mol. The van der Waals surface area contributed by atoms with E-state index in [4.69, 9.17) is 9.52 Å². The Kier molecular flexibility index (Phi) is 4.03. The number of aliphatic carboxylic acids is 1. The Bertz CT molecular complexity index is 467. The number of hydrogen-bond acceptors (Lipinski definition) is 4. The maximum Gasteiger partial charge on any atom is 0.315 e. The summed E-state index contributed by atoms with van der Waals surface area (Å²) in [5.41, 5.74) is 0. The number of hydrogen-bond donors (Lipinski definition) is 3. The smallest absolute Gasteiger partial charge is 0.315 e. The first-order chi connectivity index (χ1) is 9.04. The van der Waals surface area contributed by atoms with E-state index in [0.29, 0.717) is 11.7 Å². The minimum absolute atomic E-state index is 0.0454. The highest BCUT2D eigenvalue weighted by molar-refractivity contribution is 5.75. The first kappa shape index (κ1) is 13.4. The molecule has 19 heavy (non-hydrogen) atoms. The summed E-state index contributed by atoms with van der Waals surface area (Å²) in [4.78, 5) is 26.3. The van der Waals surface area contributed by atoms with Gasteiger partial charge < -0.3 is 20.2 Å².